The summed E-state index contributed by atoms with van der Waals surface area (Å²) in [6.45, 7) is 9.36. The Morgan fingerprint density at radius 1 is 0.929 bits per heavy atom. The van der Waals surface area contributed by atoms with E-state index in [0.717, 1.165) is 62.7 Å². The van der Waals surface area contributed by atoms with Gasteiger partial charge >= 0.3 is 0 Å². The molecule has 6 heteroatoms. The summed E-state index contributed by atoms with van der Waals surface area (Å²) in [6.07, 6.45) is 6.68. The highest BCUT2D eigenvalue weighted by atomic mass is 16.5. The maximum atomic E-state index is 13.8. The normalized spacial score (nSPS) is 15.9. The van der Waals surface area contributed by atoms with Crippen molar-refractivity contribution in [1.29, 1.82) is 0 Å². The summed E-state index contributed by atoms with van der Waals surface area (Å²) < 4.78 is 12.3. The van der Waals surface area contributed by atoms with Gasteiger partial charge in [-0.25, -0.2) is 0 Å². The van der Waals surface area contributed by atoms with E-state index in [1.54, 1.807) is 0 Å². The van der Waals surface area contributed by atoms with Crippen LogP contribution >= 0.6 is 0 Å². The monoisotopic (exact) mass is 569 g/mol. The third-order valence-corrected chi connectivity index (χ3v) is 8.33. The number of para-hydroxylation sites is 1. The Labute approximate surface area is 252 Å². The van der Waals surface area contributed by atoms with Crippen LogP contribution in [0.15, 0.2) is 78.9 Å². The highest BCUT2D eigenvalue weighted by Crippen LogP contribution is 2.33. The van der Waals surface area contributed by atoms with Crippen LogP contribution in [-0.2, 0) is 11.2 Å². The van der Waals surface area contributed by atoms with Gasteiger partial charge in [-0.1, -0.05) is 62.4 Å². The van der Waals surface area contributed by atoms with Crippen LogP contribution in [0.4, 0.5) is 5.69 Å². The molecule has 1 aliphatic heterocycles. The molecule has 3 aromatic carbocycles. The molecule has 1 heterocycles. The molecular formula is C36H47N3O3. The van der Waals surface area contributed by atoms with Crippen LogP contribution < -0.4 is 14.8 Å². The third kappa shape index (κ3) is 9.25. The van der Waals surface area contributed by atoms with Gasteiger partial charge in [-0.2, -0.15) is 0 Å². The van der Waals surface area contributed by atoms with Crippen LogP contribution in [-0.4, -0.2) is 61.1 Å². The quantitative estimate of drug-likeness (QED) is 0.209. The maximum absolute atomic E-state index is 13.8. The van der Waals surface area contributed by atoms with Crippen molar-refractivity contribution < 1.29 is 14.3 Å². The van der Waals surface area contributed by atoms with E-state index in [1.165, 1.54) is 24.9 Å². The first-order valence-electron chi connectivity index (χ1n) is 15.8. The first kappa shape index (κ1) is 30.0. The summed E-state index contributed by atoms with van der Waals surface area (Å²) in [5.41, 5.74) is 2.08. The van der Waals surface area contributed by atoms with Crippen molar-refractivity contribution in [2.75, 3.05) is 44.6 Å². The molecule has 0 atom stereocenters. The second-order valence-electron chi connectivity index (χ2n) is 12.3. The van der Waals surface area contributed by atoms with Crippen LogP contribution in [0.1, 0.15) is 51.5 Å². The number of hydrogen-bond donors (Lipinski definition) is 1. The fourth-order valence-corrected chi connectivity index (χ4v) is 5.62. The van der Waals surface area contributed by atoms with Crippen molar-refractivity contribution in [2.45, 2.75) is 58.4 Å². The fraction of sp³-hybridized carbons (Fsp3) is 0.472. The Morgan fingerprint density at radius 2 is 1.64 bits per heavy atom. The van der Waals surface area contributed by atoms with Gasteiger partial charge in [0.05, 0.1) is 18.8 Å². The number of carbonyl (C=O) groups excluding carboxylic acids is 1. The summed E-state index contributed by atoms with van der Waals surface area (Å²) in [5.74, 6) is 3.79. The Morgan fingerprint density at radius 3 is 2.33 bits per heavy atom. The first-order valence-corrected chi connectivity index (χ1v) is 15.8. The zero-order valence-corrected chi connectivity index (χ0v) is 25.3. The molecule has 2 fully saturated rings. The zero-order valence-electron chi connectivity index (χ0n) is 25.3. The van der Waals surface area contributed by atoms with Crippen molar-refractivity contribution in [3.05, 3.63) is 84.4 Å². The van der Waals surface area contributed by atoms with Crippen LogP contribution in [0.5, 0.6) is 17.2 Å². The predicted octanol–water partition coefficient (Wildman–Crippen LogP) is 7.26. The van der Waals surface area contributed by atoms with E-state index in [4.69, 9.17) is 9.47 Å². The third-order valence-electron chi connectivity index (χ3n) is 8.33. The van der Waals surface area contributed by atoms with Crippen molar-refractivity contribution in [3.8, 4) is 17.2 Å². The highest BCUT2D eigenvalue weighted by Gasteiger charge is 2.30. The van der Waals surface area contributed by atoms with E-state index >= 15 is 0 Å². The number of benzene rings is 3. The molecule has 2 aliphatic rings. The van der Waals surface area contributed by atoms with Gasteiger partial charge in [0.25, 0.3) is 0 Å². The second kappa shape index (κ2) is 15.1. The number of piperidine rings is 1. The van der Waals surface area contributed by atoms with Crippen LogP contribution in [0, 0.1) is 11.8 Å². The molecule has 3 aromatic rings. The molecule has 1 amide bonds. The molecule has 5 rings (SSSR count). The Hall–Kier alpha value is -3.51. The van der Waals surface area contributed by atoms with Gasteiger partial charge in [0, 0.05) is 38.3 Å². The number of carbonyl (C=O) groups is 1. The van der Waals surface area contributed by atoms with E-state index in [9.17, 15) is 4.79 Å². The Kier molecular flexibility index (Phi) is 10.8. The molecular weight excluding hydrogens is 522 g/mol. The Bertz CT molecular complexity index is 1240. The van der Waals surface area contributed by atoms with Crippen molar-refractivity contribution in [2.24, 2.45) is 11.8 Å². The number of ether oxygens (including phenoxy) is 2. The minimum Gasteiger partial charge on any atom is -0.491 e. The van der Waals surface area contributed by atoms with Crippen molar-refractivity contribution in [1.82, 2.24) is 9.80 Å². The predicted molar refractivity (Wildman–Crippen MR) is 170 cm³/mol. The summed E-state index contributed by atoms with van der Waals surface area (Å²) in [4.78, 5) is 18.6. The largest absolute Gasteiger partial charge is 0.491 e. The van der Waals surface area contributed by atoms with Crippen LogP contribution in [0.25, 0.3) is 0 Å². The summed E-state index contributed by atoms with van der Waals surface area (Å²) in [5, 5.41) is 3.42. The summed E-state index contributed by atoms with van der Waals surface area (Å²) in [7, 11) is 0. The lowest BCUT2D eigenvalue weighted by Crippen LogP contribution is -2.49. The average Bonchev–Trinajstić information content (AvgIpc) is 3.82. The number of anilines is 1. The minimum atomic E-state index is 0.143. The van der Waals surface area contributed by atoms with E-state index < -0.39 is 0 Å². The summed E-state index contributed by atoms with van der Waals surface area (Å²) >= 11 is 0. The lowest BCUT2D eigenvalue weighted by molar-refractivity contribution is -0.132. The molecule has 0 spiro atoms. The molecule has 1 saturated carbocycles. The number of amides is 1. The average molecular weight is 570 g/mol. The molecule has 0 unspecified atom stereocenters. The van der Waals surface area contributed by atoms with Gasteiger partial charge in [0.2, 0.25) is 5.91 Å². The first-order chi connectivity index (χ1) is 20.5. The lowest BCUT2D eigenvalue weighted by Gasteiger charge is -2.39. The van der Waals surface area contributed by atoms with E-state index in [0.29, 0.717) is 24.0 Å². The van der Waals surface area contributed by atoms with E-state index in [1.807, 2.05) is 54.6 Å². The number of nitrogens with zero attached hydrogens (tertiary/aromatic N) is 2. The van der Waals surface area contributed by atoms with E-state index in [2.05, 4.69) is 53.2 Å². The smallest absolute Gasteiger partial charge is 0.242 e. The molecule has 1 aliphatic carbocycles. The fourth-order valence-electron chi connectivity index (χ4n) is 5.62. The van der Waals surface area contributed by atoms with Gasteiger partial charge in [0.1, 0.15) is 17.2 Å². The molecule has 0 radical (unpaired) electrons. The SMILES string of the molecule is CC(C)CCOc1cc(Oc2ccccc2)ccc1NCC(=O)N(CCc1ccccc1)C1CCN(CC2CC2)CC1. The number of hydrogen-bond acceptors (Lipinski definition) is 5. The van der Waals surface area contributed by atoms with Crippen LogP contribution in [0.2, 0.25) is 0 Å². The second-order valence-corrected chi connectivity index (χ2v) is 12.3. The lowest BCUT2D eigenvalue weighted by atomic mass is 10.0. The summed E-state index contributed by atoms with van der Waals surface area (Å²) in [6, 6.07) is 26.3. The standard InChI is InChI=1S/C36H47N3O3/c1-28(2)20-24-41-35-25-33(42-32-11-7-4-8-12-32)15-16-34(35)37-26-36(40)39(23-17-29-9-5-3-6-10-29)31-18-21-38(22-19-31)27-30-13-14-30/h3-12,15-16,25,28,30-31,37H,13-14,17-24,26-27H2,1-2H3. The van der Waals surface area contributed by atoms with Crippen molar-refractivity contribution in [3.63, 3.8) is 0 Å². The van der Waals surface area contributed by atoms with Gasteiger partial charge in [-0.05, 0) is 80.2 Å². The highest BCUT2D eigenvalue weighted by molar-refractivity contribution is 5.82. The van der Waals surface area contributed by atoms with Gasteiger partial charge in [-0.3, -0.25) is 4.79 Å². The molecule has 224 valence electrons. The molecule has 0 bridgehead atoms. The topological polar surface area (TPSA) is 54.0 Å². The molecule has 1 N–H and O–H groups in total. The molecule has 42 heavy (non-hydrogen) atoms. The minimum absolute atomic E-state index is 0.143. The van der Waals surface area contributed by atoms with Gasteiger partial charge < -0.3 is 24.6 Å². The Balaban J connectivity index is 1.25. The maximum Gasteiger partial charge on any atom is 0.242 e. The number of likely N-dealkylation sites (tertiary alicyclic amines) is 1. The molecule has 1 saturated heterocycles. The van der Waals surface area contributed by atoms with E-state index in [-0.39, 0.29) is 18.5 Å². The van der Waals surface area contributed by atoms with Gasteiger partial charge in [-0.15, -0.1) is 0 Å². The number of nitrogens with one attached hydrogen (secondary N) is 1. The zero-order chi connectivity index (χ0) is 29.1. The van der Waals surface area contributed by atoms with Crippen LogP contribution in [0.3, 0.4) is 0 Å². The molecule has 0 aromatic heterocycles. The molecule has 6 nitrogen and oxygen atoms in total. The van der Waals surface area contributed by atoms with Crippen molar-refractivity contribution >= 4 is 11.6 Å². The van der Waals surface area contributed by atoms with Gasteiger partial charge in [0.15, 0.2) is 0 Å². The number of rotatable bonds is 15.